The van der Waals surface area contributed by atoms with Gasteiger partial charge in [0.05, 0.1) is 18.9 Å². The molecule has 0 unspecified atom stereocenters. The Morgan fingerprint density at radius 1 is 1.47 bits per heavy atom. The highest BCUT2D eigenvalue weighted by molar-refractivity contribution is 5.75. The van der Waals surface area contributed by atoms with E-state index in [4.69, 9.17) is 9.84 Å². The number of nitrogens with zero attached hydrogens (tertiary/aromatic N) is 4. The monoisotopic (exact) mass is 240 g/mol. The zero-order valence-corrected chi connectivity index (χ0v) is 9.58. The van der Waals surface area contributed by atoms with Crippen LogP contribution in [0, 0.1) is 0 Å². The lowest BCUT2D eigenvalue weighted by Gasteiger charge is -2.26. The Balaban J connectivity index is 1.88. The van der Waals surface area contributed by atoms with E-state index in [0.717, 1.165) is 0 Å². The molecule has 1 aliphatic heterocycles. The minimum atomic E-state index is 0.0220. The quantitative estimate of drug-likeness (QED) is 0.705. The molecule has 0 radical (unpaired) electrons. The number of rotatable bonds is 4. The molecule has 0 bridgehead atoms. The average Bonchev–Trinajstić information content (AvgIpc) is 2.78. The second-order valence-electron chi connectivity index (χ2n) is 3.87. The summed E-state index contributed by atoms with van der Waals surface area (Å²) in [5.74, 6) is 0.0220. The SMILES string of the molecule is O=C(Cn1cc(CCO)nn1)N1CCOCC1. The van der Waals surface area contributed by atoms with Gasteiger partial charge in [-0.05, 0) is 0 Å². The standard InChI is InChI=1S/C10H16N4O3/c15-4-1-9-7-14(12-11-9)8-10(16)13-2-5-17-6-3-13/h7,15H,1-6,8H2. The van der Waals surface area contributed by atoms with E-state index in [9.17, 15) is 4.79 Å². The van der Waals surface area contributed by atoms with Gasteiger partial charge in [0.25, 0.3) is 0 Å². The van der Waals surface area contributed by atoms with Crippen molar-refractivity contribution in [3.8, 4) is 0 Å². The summed E-state index contributed by atoms with van der Waals surface area (Å²) >= 11 is 0. The van der Waals surface area contributed by atoms with Gasteiger partial charge in [-0.1, -0.05) is 5.21 Å². The molecule has 1 amide bonds. The maximum atomic E-state index is 11.9. The minimum Gasteiger partial charge on any atom is -0.396 e. The van der Waals surface area contributed by atoms with Gasteiger partial charge < -0.3 is 14.7 Å². The van der Waals surface area contributed by atoms with Crippen molar-refractivity contribution in [3.63, 3.8) is 0 Å². The number of carbonyl (C=O) groups excluding carboxylic acids is 1. The molecule has 1 aromatic rings. The third-order valence-corrected chi connectivity index (χ3v) is 2.62. The summed E-state index contributed by atoms with van der Waals surface area (Å²) in [5, 5.41) is 16.5. The van der Waals surface area contributed by atoms with Gasteiger partial charge in [0.2, 0.25) is 5.91 Å². The summed E-state index contributed by atoms with van der Waals surface area (Å²) in [6.45, 7) is 2.69. The van der Waals surface area contributed by atoms with E-state index >= 15 is 0 Å². The van der Waals surface area contributed by atoms with Crippen LogP contribution in [0.2, 0.25) is 0 Å². The molecule has 7 heteroatoms. The van der Waals surface area contributed by atoms with Crippen LogP contribution in [0.5, 0.6) is 0 Å². The number of hydrogen-bond acceptors (Lipinski definition) is 5. The zero-order valence-electron chi connectivity index (χ0n) is 9.58. The number of morpholine rings is 1. The van der Waals surface area contributed by atoms with Gasteiger partial charge in [-0.3, -0.25) is 4.79 Å². The first-order valence-corrected chi connectivity index (χ1v) is 5.65. The van der Waals surface area contributed by atoms with Gasteiger partial charge in [0, 0.05) is 32.3 Å². The molecule has 1 saturated heterocycles. The maximum absolute atomic E-state index is 11.9. The topological polar surface area (TPSA) is 80.5 Å². The average molecular weight is 240 g/mol. The van der Waals surface area contributed by atoms with Crippen molar-refractivity contribution < 1.29 is 14.6 Å². The number of ether oxygens (including phenoxy) is 1. The lowest BCUT2D eigenvalue weighted by molar-refractivity contribution is -0.136. The fourth-order valence-electron chi connectivity index (χ4n) is 1.70. The van der Waals surface area contributed by atoms with Crippen LogP contribution in [-0.4, -0.2) is 63.8 Å². The number of aliphatic hydroxyl groups excluding tert-OH is 1. The Kier molecular flexibility index (Phi) is 4.05. The second kappa shape index (κ2) is 5.74. The second-order valence-corrected chi connectivity index (χ2v) is 3.87. The molecule has 7 nitrogen and oxygen atoms in total. The molecule has 0 aromatic carbocycles. The Labute approximate surface area is 99.0 Å². The van der Waals surface area contributed by atoms with Crippen LogP contribution >= 0.6 is 0 Å². The van der Waals surface area contributed by atoms with Crippen LogP contribution in [-0.2, 0) is 22.5 Å². The fourth-order valence-corrected chi connectivity index (χ4v) is 1.70. The molecule has 0 spiro atoms. The number of aliphatic hydroxyl groups is 1. The van der Waals surface area contributed by atoms with E-state index in [0.29, 0.717) is 38.4 Å². The van der Waals surface area contributed by atoms with Crippen LogP contribution in [0.3, 0.4) is 0 Å². The van der Waals surface area contributed by atoms with E-state index in [2.05, 4.69) is 10.3 Å². The highest BCUT2D eigenvalue weighted by atomic mass is 16.5. The third-order valence-electron chi connectivity index (χ3n) is 2.62. The Morgan fingerprint density at radius 3 is 2.94 bits per heavy atom. The Bertz CT molecular complexity index is 373. The van der Waals surface area contributed by atoms with Crippen molar-refractivity contribution in [2.45, 2.75) is 13.0 Å². The first-order chi connectivity index (χ1) is 8.29. The molecule has 0 saturated carbocycles. The van der Waals surface area contributed by atoms with E-state index < -0.39 is 0 Å². The lowest BCUT2D eigenvalue weighted by atomic mass is 10.3. The van der Waals surface area contributed by atoms with Crippen molar-refractivity contribution in [1.82, 2.24) is 19.9 Å². The normalized spacial score (nSPS) is 16.2. The first kappa shape index (κ1) is 12.0. The van der Waals surface area contributed by atoms with Gasteiger partial charge in [-0.25, -0.2) is 4.68 Å². The summed E-state index contributed by atoms with van der Waals surface area (Å²) in [6, 6.07) is 0. The van der Waals surface area contributed by atoms with Gasteiger partial charge in [0.15, 0.2) is 0 Å². The molecule has 1 aromatic heterocycles. The Hall–Kier alpha value is -1.47. The lowest BCUT2D eigenvalue weighted by Crippen LogP contribution is -2.42. The zero-order chi connectivity index (χ0) is 12.1. The van der Waals surface area contributed by atoms with Crippen molar-refractivity contribution in [2.24, 2.45) is 0 Å². The molecular formula is C10H16N4O3. The van der Waals surface area contributed by atoms with Crippen LogP contribution in [0.15, 0.2) is 6.20 Å². The number of carbonyl (C=O) groups is 1. The van der Waals surface area contributed by atoms with Gasteiger partial charge in [-0.15, -0.1) is 5.10 Å². The van der Waals surface area contributed by atoms with Crippen molar-refractivity contribution in [3.05, 3.63) is 11.9 Å². The Morgan fingerprint density at radius 2 is 2.24 bits per heavy atom. The maximum Gasteiger partial charge on any atom is 0.244 e. The van der Waals surface area contributed by atoms with Gasteiger partial charge in [0.1, 0.15) is 6.54 Å². The number of aromatic nitrogens is 3. The summed E-state index contributed by atoms with van der Waals surface area (Å²) < 4.78 is 6.68. The smallest absolute Gasteiger partial charge is 0.244 e. The largest absolute Gasteiger partial charge is 0.396 e. The molecule has 94 valence electrons. The number of hydrogen-bond donors (Lipinski definition) is 1. The predicted molar refractivity (Wildman–Crippen MR) is 58.2 cm³/mol. The van der Waals surface area contributed by atoms with Crippen molar-refractivity contribution >= 4 is 5.91 Å². The highest BCUT2D eigenvalue weighted by Gasteiger charge is 2.17. The summed E-state index contributed by atoms with van der Waals surface area (Å²) in [4.78, 5) is 13.6. The van der Waals surface area contributed by atoms with Gasteiger partial charge >= 0.3 is 0 Å². The third kappa shape index (κ3) is 3.24. The first-order valence-electron chi connectivity index (χ1n) is 5.65. The number of amides is 1. The molecule has 1 fully saturated rings. The van der Waals surface area contributed by atoms with E-state index in [-0.39, 0.29) is 19.1 Å². The minimum absolute atomic E-state index is 0.0220. The van der Waals surface area contributed by atoms with Crippen molar-refractivity contribution in [1.29, 1.82) is 0 Å². The summed E-state index contributed by atoms with van der Waals surface area (Å²) in [7, 11) is 0. The van der Waals surface area contributed by atoms with Crippen LogP contribution in [0.1, 0.15) is 5.69 Å². The molecule has 0 aliphatic carbocycles. The molecule has 17 heavy (non-hydrogen) atoms. The van der Waals surface area contributed by atoms with Crippen molar-refractivity contribution in [2.75, 3.05) is 32.9 Å². The van der Waals surface area contributed by atoms with E-state index in [1.54, 1.807) is 11.1 Å². The molecule has 1 aliphatic rings. The molecule has 1 N–H and O–H groups in total. The van der Waals surface area contributed by atoms with Crippen LogP contribution in [0.4, 0.5) is 0 Å². The molecule has 2 heterocycles. The predicted octanol–water partition coefficient (Wildman–Crippen LogP) is -1.33. The van der Waals surface area contributed by atoms with E-state index in [1.165, 1.54) is 4.68 Å². The fraction of sp³-hybridized carbons (Fsp3) is 0.700. The molecule has 2 rings (SSSR count). The summed E-state index contributed by atoms with van der Waals surface area (Å²) in [6.07, 6.45) is 2.15. The van der Waals surface area contributed by atoms with Crippen LogP contribution in [0.25, 0.3) is 0 Å². The molecular weight excluding hydrogens is 224 g/mol. The highest BCUT2D eigenvalue weighted by Crippen LogP contribution is 2.00. The van der Waals surface area contributed by atoms with Crippen LogP contribution < -0.4 is 0 Å². The van der Waals surface area contributed by atoms with E-state index in [1.807, 2.05) is 0 Å². The molecule has 0 atom stereocenters. The van der Waals surface area contributed by atoms with Gasteiger partial charge in [-0.2, -0.15) is 0 Å². The summed E-state index contributed by atoms with van der Waals surface area (Å²) in [5.41, 5.74) is 0.697.